The van der Waals surface area contributed by atoms with Crippen molar-refractivity contribution in [2.24, 2.45) is 0 Å². The number of rotatable bonds is 2. The van der Waals surface area contributed by atoms with Crippen LogP contribution >= 0.6 is 15.9 Å². The van der Waals surface area contributed by atoms with Crippen LogP contribution in [0.5, 0.6) is 0 Å². The quantitative estimate of drug-likeness (QED) is 0.692. The van der Waals surface area contributed by atoms with Gasteiger partial charge < -0.3 is 0 Å². The first-order chi connectivity index (χ1) is 9.45. The van der Waals surface area contributed by atoms with E-state index in [1.807, 2.05) is 0 Å². The Morgan fingerprint density at radius 3 is 2.00 bits per heavy atom. The molecule has 1 atom stereocenters. The largest absolute Gasteiger partial charge is 0.405 e. The summed E-state index contributed by atoms with van der Waals surface area (Å²) in [4.78, 5) is 0. The summed E-state index contributed by atoms with van der Waals surface area (Å²) < 4.78 is 41.4. The van der Waals surface area contributed by atoms with Crippen LogP contribution in [-0.2, 0) is 5.41 Å². The molecule has 2 aromatic carbocycles. The molecule has 0 saturated heterocycles. The normalized spacial score (nSPS) is 21.5. The molecule has 1 unspecified atom stereocenters. The summed E-state index contributed by atoms with van der Waals surface area (Å²) in [5.74, 6) is 0. The molecule has 0 bridgehead atoms. The summed E-state index contributed by atoms with van der Waals surface area (Å²) in [5.41, 5.74) is -0.734. The zero-order chi connectivity index (χ0) is 14.4. The highest BCUT2D eigenvalue weighted by molar-refractivity contribution is 9.10. The molecular formula is C16H10BrF3. The highest BCUT2D eigenvalue weighted by Gasteiger charge is 2.64. The number of allylic oxidation sites excluding steroid dienone is 2. The molecule has 0 fully saturated rings. The van der Waals surface area contributed by atoms with Gasteiger partial charge in [0.2, 0.25) is 0 Å². The lowest BCUT2D eigenvalue weighted by molar-refractivity contribution is -0.151. The van der Waals surface area contributed by atoms with Crippen LogP contribution in [0.1, 0.15) is 11.1 Å². The van der Waals surface area contributed by atoms with Gasteiger partial charge in [-0.2, -0.15) is 13.2 Å². The van der Waals surface area contributed by atoms with Gasteiger partial charge in [-0.15, -0.1) is 0 Å². The second-order valence-corrected chi connectivity index (χ2v) is 5.65. The van der Waals surface area contributed by atoms with Gasteiger partial charge in [0.1, 0.15) is 5.41 Å². The molecule has 20 heavy (non-hydrogen) atoms. The lowest BCUT2D eigenvalue weighted by Crippen LogP contribution is -2.31. The summed E-state index contributed by atoms with van der Waals surface area (Å²) in [7, 11) is 0. The van der Waals surface area contributed by atoms with Gasteiger partial charge in [0.25, 0.3) is 0 Å². The molecule has 2 aromatic rings. The monoisotopic (exact) mass is 338 g/mol. The van der Waals surface area contributed by atoms with E-state index in [0.29, 0.717) is 11.1 Å². The maximum absolute atomic E-state index is 13.6. The lowest BCUT2D eigenvalue weighted by atomic mass is 9.87. The SMILES string of the molecule is FC(F)(F)C1(c2ccc(Br)cc2)C=C1c1ccccc1. The maximum Gasteiger partial charge on any atom is 0.405 e. The Bertz CT molecular complexity index is 656. The van der Waals surface area contributed by atoms with Crippen LogP contribution in [0.2, 0.25) is 0 Å². The summed E-state index contributed by atoms with van der Waals surface area (Å²) >= 11 is 3.24. The van der Waals surface area contributed by atoms with Gasteiger partial charge in [0.15, 0.2) is 0 Å². The Kier molecular flexibility index (Phi) is 3.01. The molecule has 1 aliphatic carbocycles. The van der Waals surface area contributed by atoms with Crippen LogP contribution < -0.4 is 0 Å². The third kappa shape index (κ3) is 1.99. The zero-order valence-corrected chi connectivity index (χ0v) is 11.9. The van der Waals surface area contributed by atoms with Gasteiger partial charge in [-0.05, 0) is 28.8 Å². The Balaban J connectivity index is 2.05. The standard InChI is InChI=1S/C16H10BrF3/c17-13-8-6-12(7-9-13)15(16(18,19)20)10-14(15)11-4-2-1-3-5-11/h1-10H. The van der Waals surface area contributed by atoms with E-state index in [1.54, 1.807) is 42.5 Å². The van der Waals surface area contributed by atoms with Crippen molar-refractivity contribution >= 4 is 21.5 Å². The van der Waals surface area contributed by atoms with Crippen molar-refractivity contribution in [1.29, 1.82) is 0 Å². The van der Waals surface area contributed by atoms with Gasteiger partial charge in [0.05, 0.1) is 0 Å². The predicted octanol–water partition coefficient (Wildman–Crippen LogP) is 5.35. The van der Waals surface area contributed by atoms with Gasteiger partial charge in [-0.3, -0.25) is 0 Å². The summed E-state index contributed by atoms with van der Waals surface area (Å²) in [6.45, 7) is 0. The van der Waals surface area contributed by atoms with E-state index in [9.17, 15) is 13.2 Å². The fourth-order valence-electron chi connectivity index (χ4n) is 2.46. The Morgan fingerprint density at radius 1 is 0.850 bits per heavy atom. The highest BCUT2D eigenvalue weighted by Crippen LogP contribution is 2.61. The first kappa shape index (κ1) is 13.4. The fourth-order valence-corrected chi connectivity index (χ4v) is 2.72. The molecule has 3 rings (SSSR count). The minimum Gasteiger partial charge on any atom is -0.169 e. The first-order valence-electron chi connectivity index (χ1n) is 6.07. The molecule has 0 aromatic heterocycles. The Morgan fingerprint density at radius 2 is 1.45 bits per heavy atom. The molecule has 102 valence electrons. The lowest BCUT2D eigenvalue weighted by Gasteiger charge is -2.23. The topological polar surface area (TPSA) is 0 Å². The van der Waals surface area contributed by atoms with Gasteiger partial charge >= 0.3 is 6.18 Å². The van der Waals surface area contributed by atoms with Crippen molar-refractivity contribution in [2.75, 3.05) is 0 Å². The summed E-state index contributed by atoms with van der Waals surface area (Å²) in [6.07, 6.45) is -3.03. The van der Waals surface area contributed by atoms with E-state index in [-0.39, 0.29) is 5.56 Å². The molecule has 0 amide bonds. The molecule has 0 saturated carbocycles. The van der Waals surface area contributed by atoms with Crippen LogP contribution in [0.25, 0.3) is 5.57 Å². The first-order valence-corrected chi connectivity index (χ1v) is 6.86. The third-order valence-electron chi connectivity index (χ3n) is 3.53. The summed E-state index contributed by atoms with van der Waals surface area (Å²) in [5, 5.41) is 0. The molecule has 0 spiro atoms. The molecule has 0 N–H and O–H groups in total. The van der Waals surface area contributed by atoms with E-state index >= 15 is 0 Å². The van der Waals surface area contributed by atoms with E-state index in [1.165, 1.54) is 18.2 Å². The average molecular weight is 339 g/mol. The average Bonchev–Trinajstić information content (AvgIpc) is 3.17. The van der Waals surface area contributed by atoms with Gasteiger partial charge in [-0.1, -0.05) is 64.5 Å². The minimum atomic E-state index is -4.33. The molecule has 4 heteroatoms. The van der Waals surface area contributed by atoms with Crippen molar-refractivity contribution in [3.8, 4) is 0 Å². The predicted molar refractivity (Wildman–Crippen MR) is 76.3 cm³/mol. The van der Waals surface area contributed by atoms with Crippen molar-refractivity contribution in [2.45, 2.75) is 11.6 Å². The second kappa shape index (κ2) is 4.48. The fraction of sp³-hybridized carbons (Fsp3) is 0.125. The number of alkyl halides is 3. The van der Waals surface area contributed by atoms with Crippen molar-refractivity contribution in [3.05, 3.63) is 76.3 Å². The van der Waals surface area contributed by atoms with E-state index in [0.717, 1.165) is 4.47 Å². The molecule has 0 radical (unpaired) electrons. The van der Waals surface area contributed by atoms with Crippen LogP contribution in [0, 0.1) is 0 Å². The van der Waals surface area contributed by atoms with E-state index < -0.39 is 11.6 Å². The molecular weight excluding hydrogens is 329 g/mol. The highest BCUT2D eigenvalue weighted by atomic mass is 79.9. The minimum absolute atomic E-state index is 0.257. The molecule has 1 aliphatic rings. The number of benzene rings is 2. The van der Waals surface area contributed by atoms with Crippen LogP contribution in [0.15, 0.2) is 65.1 Å². The zero-order valence-electron chi connectivity index (χ0n) is 10.3. The van der Waals surface area contributed by atoms with Crippen molar-refractivity contribution < 1.29 is 13.2 Å². The van der Waals surface area contributed by atoms with Crippen molar-refractivity contribution in [3.63, 3.8) is 0 Å². The number of hydrogen-bond donors (Lipinski definition) is 0. The molecule has 0 heterocycles. The maximum atomic E-state index is 13.6. The van der Waals surface area contributed by atoms with E-state index in [2.05, 4.69) is 15.9 Å². The van der Waals surface area contributed by atoms with Crippen LogP contribution in [0.3, 0.4) is 0 Å². The van der Waals surface area contributed by atoms with E-state index in [4.69, 9.17) is 0 Å². The van der Waals surface area contributed by atoms with Gasteiger partial charge in [-0.25, -0.2) is 0 Å². The van der Waals surface area contributed by atoms with Gasteiger partial charge in [0, 0.05) is 4.47 Å². The molecule has 0 nitrogen and oxygen atoms in total. The third-order valence-corrected chi connectivity index (χ3v) is 4.06. The smallest absolute Gasteiger partial charge is 0.169 e. The van der Waals surface area contributed by atoms with Crippen LogP contribution in [0.4, 0.5) is 13.2 Å². The van der Waals surface area contributed by atoms with Crippen LogP contribution in [-0.4, -0.2) is 6.18 Å². The number of halogens is 4. The summed E-state index contributed by atoms with van der Waals surface area (Å²) in [6, 6.07) is 15.0. The Hall–Kier alpha value is -1.55. The number of hydrogen-bond acceptors (Lipinski definition) is 0. The van der Waals surface area contributed by atoms with Crippen molar-refractivity contribution in [1.82, 2.24) is 0 Å². The Labute approximate surface area is 123 Å². The molecule has 0 aliphatic heterocycles. The second-order valence-electron chi connectivity index (χ2n) is 4.74.